The van der Waals surface area contributed by atoms with Crippen molar-refractivity contribution in [1.29, 1.82) is 0 Å². The first-order valence-electron chi connectivity index (χ1n) is 6.61. The molecule has 0 saturated heterocycles. The van der Waals surface area contributed by atoms with E-state index in [2.05, 4.69) is 10.3 Å². The summed E-state index contributed by atoms with van der Waals surface area (Å²) in [5.41, 5.74) is 2.46. The van der Waals surface area contributed by atoms with Crippen LogP contribution in [0.5, 0.6) is 0 Å². The van der Waals surface area contributed by atoms with Crippen LogP contribution in [0.1, 0.15) is 32.1 Å². The normalized spacial score (nSPS) is 14.0. The van der Waals surface area contributed by atoms with Gasteiger partial charge in [0.05, 0.1) is 5.56 Å². The Kier molecular flexibility index (Phi) is 3.39. The van der Waals surface area contributed by atoms with E-state index in [1.54, 1.807) is 18.2 Å². The number of rotatable bonds is 3. The Hall–Kier alpha value is -2.69. The Morgan fingerprint density at radius 3 is 2.90 bits per heavy atom. The van der Waals surface area contributed by atoms with Crippen LogP contribution in [0.2, 0.25) is 0 Å². The second-order valence-electron chi connectivity index (χ2n) is 4.83. The Balaban J connectivity index is 1.80. The molecule has 106 valence electrons. The van der Waals surface area contributed by atoms with Crippen molar-refractivity contribution in [3.63, 3.8) is 0 Å². The van der Waals surface area contributed by atoms with Gasteiger partial charge in [0.25, 0.3) is 5.91 Å². The number of hydrogen-bond acceptors (Lipinski definition) is 2. The molecule has 1 aromatic heterocycles. The molecule has 0 unspecified atom stereocenters. The molecule has 21 heavy (non-hydrogen) atoms. The summed E-state index contributed by atoms with van der Waals surface area (Å²) in [5.74, 6) is -0.837. The first-order chi connectivity index (χ1) is 10.1. The summed E-state index contributed by atoms with van der Waals surface area (Å²) >= 11 is 0. The van der Waals surface area contributed by atoms with Crippen molar-refractivity contribution >= 4 is 17.8 Å². The Morgan fingerprint density at radius 1 is 1.29 bits per heavy atom. The number of benzene rings is 1. The predicted octanol–water partition coefficient (Wildman–Crippen LogP) is 2.34. The van der Waals surface area contributed by atoms with E-state index in [-0.39, 0.29) is 11.7 Å². The highest BCUT2D eigenvalue weighted by Gasteiger charge is 2.18. The largest absolute Gasteiger partial charge is 0.358 e. The van der Waals surface area contributed by atoms with E-state index in [9.17, 15) is 14.0 Å². The number of aromatic amines is 1. The highest BCUT2D eigenvalue weighted by atomic mass is 19.1. The number of hydrogen-bond donors (Lipinski definition) is 2. The summed E-state index contributed by atoms with van der Waals surface area (Å²) in [6.45, 7) is 0.609. The maximum Gasteiger partial charge on any atom is 0.253 e. The van der Waals surface area contributed by atoms with Gasteiger partial charge in [-0.1, -0.05) is 12.1 Å². The Morgan fingerprint density at radius 2 is 2.14 bits per heavy atom. The number of H-pyrrole nitrogens is 1. The number of carbonyl (C=O) groups excluding carboxylic acids is 2. The lowest BCUT2D eigenvalue weighted by Crippen LogP contribution is -2.31. The van der Waals surface area contributed by atoms with Gasteiger partial charge in [0.15, 0.2) is 5.78 Å². The summed E-state index contributed by atoms with van der Waals surface area (Å²) in [5, 5.41) is 2.76. The molecule has 1 amide bonds. The number of carbonyl (C=O) groups is 2. The number of allylic oxidation sites excluding steroid dienone is 1. The fourth-order valence-corrected chi connectivity index (χ4v) is 2.31. The lowest BCUT2D eigenvalue weighted by Gasteiger charge is -2.10. The third-order valence-electron chi connectivity index (χ3n) is 3.35. The van der Waals surface area contributed by atoms with Crippen molar-refractivity contribution in [3.8, 4) is 0 Å². The molecule has 0 saturated carbocycles. The Bertz CT molecular complexity index is 746. The molecule has 2 N–H and O–H groups in total. The molecule has 3 rings (SSSR count). The van der Waals surface area contributed by atoms with Gasteiger partial charge in [0, 0.05) is 29.9 Å². The number of fused-ring (bicyclic) bond motifs is 1. The number of nitrogens with one attached hydrogen (secondary N) is 2. The summed E-state index contributed by atoms with van der Waals surface area (Å²) in [6.07, 6.45) is 3.70. The molecule has 5 heteroatoms. The monoisotopic (exact) mass is 284 g/mol. The summed E-state index contributed by atoms with van der Waals surface area (Å²) in [4.78, 5) is 26.7. The van der Waals surface area contributed by atoms with Crippen molar-refractivity contribution in [3.05, 3.63) is 64.7 Å². The van der Waals surface area contributed by atoms with E-state index >= 15 is 0 Å². The topological polar surface area (TPSA) is 62.0 Å². The highest BCUT2D eigenvalue weighted by molar-refractivity contribution is 6.07. The molecule has 1 aliphatic rings. The van der Waals surface area contributed by atoms with Gasteiger partial charge in [0.2, 0.25) is 0 Å². The van der Waals surface area contributed by atoms with Gasteiger partial charge < -0.3 is 10.3 Å². The molecular formula is C16H13FN2O2. The molecule has 0 fully saturated rings. The fraction of sp³-hybridized carbons (Fsp3) is 0.125. The minimum Gasteiger partial charge on any atom is -0.358 e. The average Bonchev–Trinajstić information content (AvgIpc) is 2.89. The fourth-order valence-electron chi connectivity index (χ4n) is 2.31. The number of aromatic nitrogens is 1. The highest BCUT2D eigenvalue weighted by Crippen LogP contribution is 2.16. The van der Waals surface area contributed by atoms with E-state index in [0.717, 1.165) is 12.1 Å². The standard InChI is InChI=1S/C16H13FN2O2/c17-11-3-1-2-10(8-11)15(20)5-4-12-9-13-14(19-12)6-7-18-16(13)21/h1-5,8-9,19H,6-7H2,(H,18,21). The minimum absolute atomic E-state index is 0.108. The van der Waals surface area contributed by atoms with Crippen molar-refractivity contribution in [2.24, 2.45) is 0 Å². The SMILES string of the molecule is O=C(C=Cc1cc2c([nH]1)CCNC2=O)c1cccc(F)c1. The van der Waals surface area contributed by atoms with Crippen molar-refractivity contribution in [1.82, 2.24) is 10.3 Å². The van der Waals surface area contributed by atoms with Crippen LogP contribution in [0.4, 0.5) is 4.39 Å². The van der Waals surface area contributed by atoms with Crippen LogP contribution in [0.3, 0.4) is 0 Å². The molecule has 2 aromatic rings. The molecule has 0 spiro atoms. The predicted molar refractivity (Wildman–Crippen MR) is 76.6 cm³/mol. The molecule has 2 heterocycles. The van der Waals surface area contributed by atoms with Gasteiger partial charge in [-0.3, -0.25) is 9.59 Å². The Labute approximate surface area is 120 Å². The number of halogens is 1. The average molecular weight is 284 g/mol. The van der Waals surface area contributed by atoms with Crippen LogP contribution in [-0.4, -0.2) is 23.2 Å². The molecule has 4 nitrogen and oxygen atoms in total. The molecule has 0 aliphatic carbocycles. The number of ketones is 1. The van der Waals surface area contributed by atoms with E-state index in [4.69, 9.17) is 0 Å². The smallest absolute Gasteiger partial charge is 0.253 e. The van der Waals surface area contributed by atoms with Gasteiger partial charge >= 0.3 is 0 Å². The second-order valence-corrected chi connectivity index (χ2v) is 4.83. The van der Waals surface area contributed by atoms with E-state index < -0.39 is 5.82 Å². The molecule has 0 radical (unpaired) electrons. The molecule has 0 atom stereocenters. The quantitative estimate of drug-likeness (QED) is 0.671. The molecular weight excluding hydrogens is 271 g/mol. The van der Waals surface area contributed by atoms with E-state index in [0.29, 0.717) is 23.4 Å². The second kappa shape index (κ2) is 5.36. The van der Waals surface area contributed by atoms with Crippen molar-refractivity contribution < 1.29 is 14.0 Å². The van der Waals surface area contributed by atoms with Crippen LogP contribution in [0, 0.1) is 5.82 Å². The van der Waals surface area contributed by atoms with E-state index in [1.165, 1.54) is 24.3 Å². The van der Waals surface area contributed by atoms with Gasteiger partial charge in [-0.05, 0) is 30.4 Å². The lowest BCUT2D eigenvalue weighted by molar-refractivity contribution is 0.0945. The summed E-state index contributed by atoms with van der Waals surface area (Å²) in [6, 6.07) is 7.24. The van der Waals surface area contributed by atoms with Gasteiger partial charge in [0.1, 0.15) is 5.82 Å². The van der Waals surface area contributed by atoms with Gasteiger partial charge in [-0.2, -0.15) is 0 Å². The first kappa shape index (κ1) is 13.3. The third-order valence-corrected chi connectivity index (χ3v) is 3.35. The zero-order chi connectivity index (χ0) is 14.8. The van der Waals surface area contributed by atoms with Crippen LogP contribution in [0.25, 0.3) is 6.08 Å². The molecule has 1 aromatic carbocycles. The minimum atomic E-state index is -0.443. The summed E-state index contributed by atoms with van der Waals surface area (Å²) in [7, 11) is 0. The number of amides is 1. The van der Waals surface area contributed by atoms with Crippen molar-refractivity contribution in [2.45, 2.75) is 6.42 Å². The van der Waals surface area contributed by atoms with Crippen LogP contribution < -0.4 is 5.32 Å². The van der Waals surface area contributed by atoms with Crippen LogP contribution in [0.15, 0.2) is 36.4 Å². The first-order valence-corrected chi connectivity index (χ1v) is 6.61. The maximum absolute atomic E-state index is 13.1. The molecule has 0 bridgehead atoms. The van der Waals surface area contributed by atoms with Gasteiger partial charge in [-0.25, -0.2) is 4.39 Å². The van der Waals surface area contributed by atoms with E-state index in [1.807, 2.05) is 0 Å². The lowest BCUT2D eigenvalue weighted by atomic mass is 10.1. The maximum atomic E-state index is 13.1. The summed E-state index contributed by atoms with van der Waals surface area (Å²) < 4.78 is 13.1. The van der Waals surface area contributed by atoms with Crippen LogP contribution >= 0.6 is 0 Å². The third kappa shape index (κ3) is 2.76. The zero-order valence-corrected chi connectivity index (χ0v) is 11.2. The van der Waals surface area contributed by atoms with Crippen molar-refractivity contribution in [2.75, 3.05) is 6.54 Å². The zero-order valence-electron chi connectivity index (χ0n) is 11.2. The molecule has 1 aliphatic heterocycles. The van der Waals surface area contributed by atoms with Crippen LogP contribution in [-0.2, 0) is 6.42 Å². The van der Waals surface area contributed by atoms with Gasteiger partial charge in [-0.15, -0.1) is 0 Å².